The number of fused-ring (bicyclic) bond motifs is 12. The highest BCUT2D eigenvalue weighted by atomic mass is 32.1. The SMILES string of the molecule is c1ccc(-c2ccc(-c3nc(-c4ccccc4)nc(-c4cccc(-c5cccc6nc7c(nc56)sc5ccccc57)c4)n3)cc2)cc1.c1ccc(-c2ccc(-c3nc(-c4ccccc4)nc(-c4cccc(-c5ccnc6c5sc5nc7ccccc7nc56)c4)n3)cc2)cc1.c1ccc(-c2ccc(-c3nc(-c4ccccc4)nc(-c4cccc(-c5ncnc6c5sc5nc7ccccc7cc56)c4)n3)cc2)cc1. The molecule has 0 fully saturated rings. The van der Waals surface area contributed by atoms with Crippen LogP contribution < -0.4 is 0 Å². The van der Waals surface area contributed by atoms with Gasteiger partial charge in [0, 0.05) is 93.8 Å². The monoisotopic (exact) mass is 1860 g/mol. The van der Waals surface area contributed by atoms with Gasteiger partial charge in [0.05, 0.1) is 48.2 Å². The van der Waals surface area contributed by atoms with E-state index >= 15 is 0 Å². The molecule has 16 aromatic carbocycles. The molecule has 660 valence electrons. The molecule has 27 aromatic rings. The van der Waals surface area contributed by atoms with Crippen molar-refractivity contribution in [2.24, 2.45) is 0 Å². The fraction of sp³-hybridized carbons (Fsp3) is 0. The third-order valence-electron chi connectivity index (χ3n) is 24.8. The summed E-state index contributed by atoms with van der Waals surface area (Å²) in [6, 6.07) is 146. The Morgan fingerprint density at radius 2 is 0.511 bits per heavy atom. The molecule has 0 aliphatic rings. The van der Waals surface area contributed by atoms with Crippen LogP contribution in [-0.2, 0) is 0 Å². The van der Waals surface area contributed by atoms with E-state index < -0.39 is 0 Å². The first kappa shape index (κ1) is 84.3. The van der Waals surface area contributed by atoms with Crippen molar-refractivity contribution in [1.82, 2.24) is 84.7 Å². The maximum atomic E-state index is 5.14. The first-order chi connectivity index (χ1) is 69.8. The zero-order chi connectivity index (χ0) is 93.5. The molecule has 0 saturated carbocycles. The number of pyridine rings is 2. The summed E-state index contributed by atoms with van der Waals surface area (Å²) in [6.45, 7) is 0. The van der Waals surface area contributed by atoms with Crippen LogP contribution in [0.25, 0.3) is 264 Å². The number of aromatic nitrogens is 17. The van der Waals surface area contributed by atoms with Crippen LogP contribution in [0.4, 0.5) is 0 Å². The van der Waals surface area contributed by atoms with E-state index in [1.165, 1.54) is 21.4 Å². The molecule has 0 radical (unpaired) electrons. The highest BCUT2D eigenvalue weighted by Gasteiger charge is 2.24. The second kappa shape index (κ2) is 37.0. The molecule has 0 aliphatic heterocycles. The molecular formula is C121H73N17S3. The fourth-order valence-corrected chi connectivity index (χ4v) is 21.1. The highest BCUT2D eigenvalue weighted by Crippen LogP contribution is 2.44. The molecule has 20 heteroatoms. The smallest absolute Gasteiger partial charge is 0.164 e. The lowest BCUT2D eigenvalue weighted by Gasteiger charge is -2.11. The number of benzene rings is 16. The molecule has 11 aromatic heterocycles. The topological polar surface area (TPSA) is 219 Å². The van der Waals surface area contributed by atoms with Gasteiger partial charge in [-0.2, -0.15) is 0 Å². The summed E-state index contributed by atoms with van der Waals surface area (Å²) in [7, 11) is 0. The zero-order valence-corrected chi connectivity index (χ0v) is 77.4. The summed E-state index contributed by atoms with van der Waals surface area (Å²) in [5.41, 5.74) is 29.2. The van der Waals surface area contributed by atoms with Crippen molar-refractivity contribution in [3.05, 3.63) is 443 Å². The minimum Gasteiger partial charge on any atom is -0.253 e. The normalized spacial score (nSPS) is 11.4. The lowest BCUT2D eigenvalue weighted by Crippen LogP contribution is -2.00. The van der Waals surface area contributed by atoms with Gasteiger partial charge in [-0.15, -0.1) is 34.0 Å². The van der Waals surface area contributed by atoms with Crippen molar-refractivity contribution < 1.29 is 0 Å². The summed E-state index contributed by atoms with van der Waals surface area (Å²) in [5.74, 6) is 5.56. The van der Waals surface area contributed by atoms with Crippen LogP contribution in [0.1, 0.15) is 0 Å². The van der Waals surface area contributed by atoms with E-state index in [0.717, 1.165) is 190 Å². The second-order valence-electron chi connectivity index (χ2n) is 33.8. The quantitative estimate of drug-likeness (QED) is 0.0931. The van der Waals surface area contributed by atoms with Crippen LogP contribution >= 0.6 is 34.0 Å². The van der Waals surface area contributed by atoms with Crippen molar-refractivity contribution in [2.75, 3.05) is 0 Å². The van der Waals surface area contributed by atoms with Gasteiger partial charge in [-0.05, 0) is 105 Å². The van der Waals surface area contributed by atoms with Crippen LogP contribution in [0.3, 0.4) is 0 Å². The molecule has 0 saturated heterocycles. The minimum absolute atomic E-state index is 0.595. The van der Waals surface area contributed by atoms with Gasteiger partial charge in [0.25, 0.3) is 0 Å². The molecule has 0 atom stereocenters. The molecule has 0 amide bonds. The van der Waals surface area contributed by atoms with Crippen molar-refractivity contribution in [3.8, 4) is 169 Å². The van der Waals surface area contributed by atoms with Gasteiger partial charge >= 0.3 is 0 Å². The summed E-state index contributed by atoms with van der Waals surface area (Å²) < 4.78 is 3.24. The van der Waals surface area contributed by atoms with Gasteiger partial charge in [0.15, 0.2) is 52.4 Å². The van der Waals surface area contributed by atoms with Crippen molar-refractivity contribution in [1.29, 1.82) is 0 Å². The van der Waals surface area contributed by atoms with E-state index in [-0.39, 0.29) is 0 Å². The van der Waals surface area contributed by atoms with E-state index in [9.17, 15) is 0 Å². The standard InChI is InChI=1S/C41H25N5S.2C40H24N6S/c1-3-11-26(12-4-1)27-21-23-29(24-22-27)39-44-38(28-13-5-2-6-14-28)45-40(46-39)31-16-9-15-30(25-31)32-18-10-19-34-36(32)43-41-37(42-34)33-17-7-8-20-35(33)47-41;1-3-10-25(11-4-1)26-18-20-28(21-19-26)38-44-37(27-12-5-2-6-13-27)45-39(46-38)30-15-9-14-29(24-30)31-22-23-41-34-35-40(47-36(31)34)43-33-17-8-7-16-32(33)42-35;1-3-10-25(11-4-1)26-18-20-28(21-19-26)38-44-37(27-12-5-2-6-13-27)45-39(46-38)31-16-9-15-30(22-31)34-36-35(42-24-41-34)32-23-29-14-7-8-17-33(29)43-40(32)47-36/h1-25H;2*1-24H. The lowest BCUT2D eigenvalue weighted by atomic mass is 10.0. The van der Waals surface area contributed by atoms with Gasteiger partial charge in [0.2, 0.25) is 0 Å². The molecule has 27 rings (SSSR count). The van der Waals surface area contributed by atoms with Crippen LogP contribution in [0.15, 0.2) is 443 Å². The maximum absolute atomic E-state index is 5.14. The molecule has 17 nitrogen and oxygen atoms in total. The van der Waals surface area contributed by atoms with Gasteiger partial charge in [-0.1, -0.05) is 370 Å². The van der Waals surface area contributed by atoms with Crippen LogP contribution in [0.2, 0.25) is 0 Å². The number of nitrogens with zero attached hydrogens (tertiary/aromatic N) is 17. The predicted octanol–water partition coefficient (Wildman–Crippen LogP) is 30.3. The highest BCUT2D eigenvalue weighted by molar-refractivity contribution is 7.26. The Balaban J connectivity index is 0.000000111. The van der Waals surface area contributed by atoms with Gasteiger partial charge in [-0.3, -0.25) is 4.98 Å². The Hall–Kier alpha value is -18.5. The second-order valence-corrected chi connectivity index (χ2v) is 36.8. The molecule has 11 heterocycles. The third kappa shape index (κ3) is 16.9. The molecule has 0 aliphatic carbocycles. The molecule has 141 heavy (non-hydrogen) atoms. The van der Waals surface area contributed by atoms with E-state index in [4.69, 9.17) is 79.7 Å². The first-order valence-corrected chi connectivity index (χ1v) is 48.4. The van der Waals surface area contributed by atoms with E-state index in [1.54, 1.807) is 40.3 Å². The summed E-state index contributed by atoms with van der Waals surface area (Å²) >= 11 is 4.92. The third-order valence-corrected chi connectivity index (χ3v) is 28.1. The van der Waals surface area contributed by atoms with Crippen LogP contribution in [0, 0.1) is 0 Å². The zero-order valence-electron chi connectivity index (χ0n) is 75.0. The summed E-state index contributed by atoms with van der Waals surface area (Å²) in [5, 5.41) is 3.27. The Morgan fingerprint density at radius 1 is 0.163 bits per heavy atom. The number of hydrogen-bond donors (Lipinski definition) is 0. The molecule has 0 spiro atoms. The summed E-state index contributed by atoms with van der Waals surface area (Å²) in [4.78, 5) is 86.6. The number of rotatable bonds is 15. The minimum atomic E-state index is 0.595. The Bertz CT molecular complexity index is 8740. The molecular weight excluding hydrogens is 1790 g/mol. The van der Waals surface area contributed by atoms with Crippen molar-refractivity contribution >= 4 is 128 Å². The number of thiophene rings is 3. The Morgan fingerprint density at radius 3 is 1.01 bits per heavy atom. The van der Waals surface area contributed by atoms with E-state index in [1.807, 2.05) is 194 Å². The lowest BCUT2D eigenvalue weighted by molar-refractivity contribution is 1.07. The molecule has 0 unspecified atom stereocenters. The average Bonchev–Trinajstić information content (AvgIpc) is 1.60. The average molecular weight is 1860 g/mol. The molecule has 0 bridgehead atoms. The van der Waals surface area contributed by atoms with Crippen LogP contribution in [-0.4, -0.2) is 84.7 Å². The largest absolute Gasteiger partial charge is 0.253 e. The Kier molecular flexibility index (Phi) is 22.1. The van der Waals surface area contributed by atoms with Gasteiger partial charge < -0.3 is 0 Å². The first-order valence-electron chi connectivity index (χ1n) is 46.0. The van der Waals surface area contributed by atoms with Crippen LogP contribution in [0.5, 0.6) is 0 Å². The predicted molar refractivity (Wildman–Crippen MR) is 575 cm³/mol. The van der Waals surface area contributed by atoms with E-state index in [2.05, 4.69) is 248 Å². The Labute approximate surface area is 819 Å². The fourth-order valence-electron chi connectivity index (χ4n) is 17.8. The van der Waals surface area contributed by atoms with Crippen molar-refractivity contribution in [3.63, 3.8) is 0 Å². The molecule has 0 N–H and O–H groups in total. The number of para-hydroxylation sites is 4. The number of hydrogen-bond acceptors (Lipinski definition) is 20. The summed E-state index contributed by atoms with van der Waals surface area (Å²) in [6.07, 6.45) is 3.49. The van der Waals surface area contributed by atoms with E-state index in [0.29, 0.717) is 52.4 Å². The van der Waals surface area contributed by atoms with Crippen molar-refractivity contribution in [2.45, 2.75) is 0 Å². The van der Waals surface area contributed by atoms with Gasteiger partial charge in [0.1, 0.15) is 37.4 Å². The van der Waals surface area contributed by atoms with Gasteiger partial charge in [-0.25, -0.2) is 79.7 Å². The maximum Gasteiger partial charge on any atom is 0.164 e.